The van der Waals surface area contributed by atoms with Crippen molar-refractivity contribution in [2.45, 2.75) is 58.9 Å². The summed E-state index contributed by atoms with van der Waals surface area (Å²) in [5, 5.41) is 0. The van der Waals surface area contributed by atoms with E-state index in [0.29, 0.717) is 28.2 Å². The van der Waals surface area contributed by atoms with Gasteiger partial charge in [0.05, 0.1) is 0 Å². The molecule has 0 saturated carbocycles. The average Bonchev–Trinajstić information content (AvgIpc) is 3.04. The molecule has 2 heterocycles. The second-order valence-corrected chi connectivity index (χ2v) is 9.01. The van der Waals surface area contributed by atoms with E-state index in [2.05, 4.69) is 27.0 Å². The average molecular weight is 462 g/mol. The SMILES string of the molecule is C=C/C=C\c1ccc(C(=C)/C=C2/N=C(C(=O)N3CCCCCC3C)C=C(CC)N2C)c(F)c1C. The van der Waals surface area contributed by atoms with Gasteiger partial charge in [-0.1, -0.05) is 63.3 Å². The number of amides is 1. The molecule has 0 spiro atoms. The molecule has 1 atom stereocenters. The van der Waals surface area contributed by atoms with Crippen molar-refractivity contribution in [3.05, 3.63) is 83.6 Å². The molecule has 1 aromatic rings. The first-order chi connectivity index (χ1) is 16.3. The molecule has 0 radical (unpaired) electrons. The minimum atomic E-state index is -0.309. The van der Waals surface area contributed by atoms with Gasteiger partial charge in [-0.05, 0) is 62.0 Å². The van der Waals surface area contributed by atoms with Gasteiger partial charge in [-0.15, -0.1) is 0 Å². The summed E-state index contributed by atoms with van der Waals surface area (Å²) >= 11 is 0. The Bertz CT molecular complexity index is 1090. The lowest BCUT2D eigenvalue weighted by Gasteiger charge is -2.31. The Labute approximate surface area is 203 Å². The van der Waals surface area contributed by atoms with Crippen molar-refractivity contribution in [3.63, 3.8) is 0 Å². The summed E-state index contributed by atoms with van der Waals surface area (Å²) in [4.78, 5) is 22.0. The van der Waals surface area contributed by atoms with Gasteiger partial charge in [0.15, 0.2) is 0 Å². The van der Waals surface area contributed by atoms with E-state index in [0.717, 1.165) is 49.9 Å². The third kappa shape index (κ3) is 5.46. The lowest BCUT2D eigenvalue weighted by atomic mass is 9.98. The molecule has 1 fully saturated rings. The van der Waals surface area contributed by atoms with E-state index in [1.54, 1.807) is 31.2 Å². The standard InChI is InChI=1S/C29H36FN3O/c1-7-9-14-23-15-16-25(28(30)22(23)5)20(3)18-27-31-26(19-24(8-2)32(27)6)29(34)33-17-12-10-11-13-21(33)4/h7,9,14-16,18-19,21H,1,3,8,10-13,17H2,2,4-6H3/b14-9-,27-18-. The van der Waals surface area contributed by atoms with Crippen LogP contribution in [-0.4, -0.2) is 41.1 Å². The second kappa shape index (κ2) is 11.3. The van der Waals surface area contributed by atoms with E-state index in [4.69, 9.17) is 4.99 Å². The molecule has 0 bridgehead atoms. The molecular weight excluding hydrogens is 425 g/mol. The first-order valence-electron chi connectivity index (χ1n) is 12.1. The van der Waals surface area contributed by atoms with Gasteiger partial charge in [0.1, 0.15) is 17.3 Å². The van der Waals surface area contributed by atoms with E-state index in [1.165, 1.54) is 0 Å². The van der Waals surface area contributed by atoms with Crippen LogP contribution >= 0.6 is 0 Å². The smallest absolute Gasteiger partial charge is 0.272 e. The zero-order chi connectivity index (χ0) is 24.8. The van der Waals surface area contributed by atoms with Crippen molar-refractivity contribution in [2.24, 2.45) is 4.99 Å². The summed E-state index contributed by atoms with van der Waals surface area (Å²) in [6.45, 7) is 14.5. The lowest BCUT2D eigenvalue weighted by molar-refractivity contribution is -0.125. The highest BCUT2D eigenvalue weighted by molar-refractivity contribution is 6.43. The van der Waals surface area contributed by atoms with Crippen molar-refractivity contribution in [1.82, 2.24) is 9.80 Å². The van der Waals surface area contributed by atoms with Gasteiger partial charge < -0.3 is 9.80 Å². The van der Waals surface area contributed by atoms with Crippen molar-refractivity contribution in [3.8, 4) is 0 Å². The molecule has 34 heavy (non-hydrogen) atoms. The fraction of sp³-hybridized carbons (Fsp3) is 0.379. The first kappa shape index (κ1) is 25.4. The zero-order valence-electron chi connectivity index (χ0n) is 20.9. The number of aliphatic imine (C=N–C) groups is 1. The van der Waals surface area contributed by atoms with E-state index < -0.39 is 0 Å². The first-order valence-corrected chi connectivity index (χ1v) is 12.1. The van der Waals surface area contributed by atoms with Crippen LogP contribution in [0.15, 0.2) is 66.1 Å². The van der Waals surface area contributed by atoms with Gasteiger partial charge in [-0.25, -0.2) is 9.38 Å². The van der Waals surface area contributed by atoms with Crippen LogP contribution in [0.3, 0.4) is 0 Å². The van der Waals surface area contributed by atoms with E-state index >= 15 is 4.39 Å². The van der Waals surface area contributed by atoms with E-state index in [1.807, 2.05) is 35.1 Å². The molecule has 1 aromatic carbocycles. The van der Waals surface area contributed by atoms with Gasteiger partial charge in [0.2, 0.25) is 0 Å². The number of hydrogen-bond donors (Lipinski definition) is 0. The Kier molecular flexibility index (Phi) is 8.43. The number of nitrogens with zero attached hydrogens (tertiary/aromatic N) is 3. The molecule has 3 rings (SSSR count). The van der Waals surface area contributed by atoms with Crippen molar-refractivity contribution < 1.29 is 9.18 Å². The van der Waals surface area contributed by atoms with Crippen LogP contribution in [0.5, 0.6) is 0 Å². The number of allylic oxidation sites excluding steroid dienone is 5. The van der Waals surface area contributed by atoms with Crippen LogP contribution in [0.2, 0.25) is 0 Å². The summed E-state index contributed by atoms with van der Waals surface area (Å²) < 4.78 is 15.2. The van der Waals surface area contributed by atoms with E-state index in [9.17, 15) is 4.79 Å². The third-order valence-electron chi connectivity index (χ3n) is 6.70. The number of carbonyl (C=O) groups is 1. The lowest BCUT2D eigenvalue weighted by Crippen LogP contribution is -2.43. The summed E-state index contributed by atoms with van der Waals surface area (Å²) in [5.74, 6) is 0.240. The largest absolute Gasteiger partial charge is 0.335 e. The quantitative estimate of drug-likeness (QED) is 0.444. The normalized spacial score (nSPS) is 20.3. The Hall–Kier alpha value is -3.21. The van der Waals surface area contributed by atoms with E-state index in [-0.39, 0.29) is 17.8 Å². The molecule has 1 unspecified atom stereocenters. The molecule has 2 aliphatic rings. The van der Waals surface area contributed by atoms with Gasteiger partial charge in [0.25, 0.3) is 5.91 Å². The molecule has 1 amide bonds. The fourth-order valence-electron chi connectivity index (χ4n) is 4.47. The molecule has 180 valence electrons. The zero-order valence-corrected chi connectivity index (χ0v) is 20.9. The number of halogens is 1. The van der Waals surface area contributed by atoms with Gasteiger partial charge >= 0.3 is 0 Å². The molecule has 0 aromatic heterocycles. The van der Waals surface area contributed by atoms with Crippen LogP contribution in [0.1, 0.15) is 62.6 Å². The Morgan fingerprint density at radius 2 is 2.06 bits per heavy atom. The Balaban J connectivity index is 1.96. The topological polar surface area (TPSA) is 35.9 Å². The number of likely N-dealkylation sites (tertiary alicyclic amines) is 1. The molecule has 0 N–H and O–H groups in total. The van der Waals surface area contributed by atoms with Crippen LogP contribution in [0, 0.1) is 12.7 Å². The van der Waals surface area contributed by atoms with Crippen LogP contribution in [0.4, 0.5) is 4.39 Å². The van der Waals surface area contributed by atoms with Crippen LogP contribution < -0.4 is 0 Å². The highest BCUT2D eigenvalue weighted by atomic mass is 19.1. The highest BCUT2D eigenvalue weighted by Crippen LogP contribution is 2.28. The molecule has 0 aliphatic carbocycles. The predicted molar refractivity (Wildman–Crippen MR) is 141 cm³/mol. The maximum Gasteiger partial charge on any atom is 0.272 e. The monoisotopic (exact) mass is 461 g/mol. The number of hydrogen-bond acceptors (Lipinski definition) is 3. The third-order valence-corrected chi connectivity index (χ3v) is 6.70. The molecule has 2 aliphatic heterocycles. The summed E-state index contributed by atoms with van der Waals surface area (Å²) in [6, 6.07) is 3.81. The molecule has 1 saturated heterocycles. The highest BCUT2D eigenvalue weighted by Gasteiger charge is 2.28. The maximum absolute atomic E-state index is 15.2. The Morgan fingerprint density at radius 3 is 2.76 bits per heavy atom. The molecular formula is C29H36FN3O. The number of benzene rings is 1. The predicted octanol–water partition coefficient (Wildman–Crippen LogP) is 6.66. The molecule has 5 heteroatoms. The summed E-state index contributed by atoms with van der Waals surface area (Å²) in [6.07, 6.45) is 14.0. The van der Waals surface area contributed by atoms with Crippen molar-refractivity contribution in [2.75, 3.05) is 13.6 Å². The fourth-order valence-corrected chi connectivity index (χ4v) is 4.47. The number of carbonyl (C=O) groups excluding carboxylic acids is 1. The minimum Gasteiger partial charge on any atom is -0.335 e. The second-order valence-electron chi connectivity index (χ2n) is 9.01. The summed E-state index contributed by atoms with van der Waals surface area (Å²) in [5.41, 5.74) is 3.70. The molecule has 4 nitrogen and oxygen atoms in total. The van der Waals surface area contributed by atoms with Crippen molar-refractivity contribution >= 4 is 23.3 Å². The minimum absolute atomic E-state index is 0.0367. The van der Waals surface area contributed by atoms with Crippen molar-refractivity contribution in [1.29, 1.82) is 0 Å². The van der Waals surface area contributed by atoms with Gasteiger partial charge in [0, 0.05) is 30.9 Å². The van der Waals surface area contributed by atoms with Crippen LogP contribution in [0.25, 0.3) is 11.6 Å². The van der Waals surface area contributed by atoms with Gasteiger partial charge in [-0.2, -0.15) is 0 Å². The number of rotatable bonds is 6. The van der Waals surface area contributed by atoms with Crippen LogP contribution in [-0.2, 0) is 4.79 Å². The maximum atomic E-state index is 15.2. The summed E-state index contributed by atoms with van der Waals surface area (Å²) in [7, 11) is 1.92. The Morgan fingerprint density at radius 1 is 1.29 bits per heavy atom. The van der Waals surface area contributed by atoms with Gasteiger partial charge in [-0.3, -0.25) is 4.79 Å².